The predicted octanol–water partition coefficient (Wildman–Crippen LogP) is 2.88. The van der Waals surface area contributed by atoms with Crippen molar-refractivity contribution in [3.8, 4) is 5.75 Å². The summed E-state index contributed by atoms with van der Waals surface area (Å²) in [5.74, 6) is -1.72. The molecule has 0 radical (unpaired) electrons. The van der Waals surface area contributed by atoms with Crippen LogP contribution < -0.4 is 4.18 Å². The summed E-state index contributed by atoms with van der Waals surface area (Å²) < 4.78 is 62.9. The molecule has 0 spiro atoms. The summed E-state index contributed by atoms with van der Waals surface area (Å²) in [4.78, 5) is 10.9. The van der Waals surface area contributed by atoms with Crippen molar-refractivity contribution in [2.75, 3.05) is 0 Å². The molecule has 9 heteroatoms. The SMILES string of the molecule is O=C(O)C[C@H](c1cccc(OS(=O)(=O)C(F)(F)F)c1)C1CC1. The number of carbonyl (C=O) groups is 1. The van der Waals surface area contributed by atoms with Gasteiger partial charge >= 0.3 is 21.6 Å². The number of benzene rings is 1. The fourth-order valence-electron chi connectivity index (χ4n) is 2.21. The average molecular weight is 338 g/mol. The van der Waals surface area contributed by atoms with Crippen LogP contribution in [0.25, 0.3) is 0 Å². The van der Waals surface area contributed by atoms with Gasteiger partial charge in [-0.1, -0.05) is 12.1 Å². The van der Waals surface area contributed by atoms with Crippen molar-refractivity contribution < 1.29 is 35.7 Å². The Morgan fingerprint density at radius 2 is 2.00 bits per heavy atom. The second kappa shape index (κ2) is 5.79. The molecule has 1 aromatic carbocycles. The second-order valence-corrected chi connectivity index (χ2v) is 6.64. The Labute approximate surface area is 124 Å². The highest BCUT2D eigenvalue weighted by atomic mass is 32.2. The van der Waals surface area contributed by atoms with Gasteiger partial charge < -0.3 is 9.29 Å². The zero-order valence-electron chi connectivity index (χ0n) is 11.2. The highest BCUT2D eigenvalue weighted by molar-refractivity contribution is 7.88. The van der Waals surface area contributed by atoms with Gasteiger partial charge in [0.1, 0.15) is 5.75 Å². The minimum absolute atomic E-state index is 0.144. The molecule has 1 aliphatic rings. The summed E-state index contributed by atoms with van der Waals surface area (Å²) in [5.41, 5.74) is -5.06. The smallest absolute Gasteiger partial charge is 0.481 e. The standard InChI is InChI=1S/C13H13F3O5S/c14-13(15,16)22(19,20)21-10-3-1-2-9(6-10)11(7-12(17)18)8-4-5-8/h1-3,6,8,11H,4-5,7H2,(H,17,18)/t11-/m0/s1. The highest BCUT2D eigenvalue weighted by Crippen LogP contribution is 2.45. The first-order chi connectivity index (χ1) is 10.1. The first-order valence-corrected chi connectivity index (χ1v) is 7.83. The molecule has 0 aliphatic heterocycles. The van der Waals surface area contributed by atoms with Crippen LogP contribution in [0.1, 0.15) is 30.7 Å². The lowest BCUT2D eigenvalue weighted by molar-refractivity contribution is -0.137. The molecule has 0 bridgehead atoms. The number of alkyl halides is 3. The molecule has 0 unspecified atom stereocenters. The Morgan fingerprint density at radius 3 is 2.50 bits per heavy atom. The van der Waals surface area contributed by atoms with Crippen molar-refractivity contribution in [3.63, 3.8) is 0 Å². The van der Waals surface area contributed by atoms with Crippen LogP contribution in [-0.4, -0.2) is 25.0 Å². The monoisotopic (exact) mass is 338 g/mol. The predicted molar refractivity (Wildman–Crippen MR) is 69.8 cm³/mol. The molecule has 1 atom stereocenters. The van der Waals surface area contributed by atoms with Gasteiger partial charge in [-0.25, -0.2) is 0 Å². The van der Waals surface area contributed by atoms with Gasteiger partial charge in [0.2, 0.25) is 0 Å². The van der Waals surface area contributed by atoms with E-state index in [-0.39, 0.29) is 18.3 Å². The molecule has 0 saturated heterocycles. The van der Waals surface area contributed by atoms with Crippen molar-refractivity contribution in [2.45, 2.75) is 30.7 Å². The first-order valence-electron chi connectivity index (χ1n) is 6.42. The number of carboxylic acids is 1. The molecule has 5 nitrogen and oxygen atoms in total. The van der Waals surface area contributed by atoms with Crippen LogP contribution in [0.2, 0.25) is 0 Å². The third-order valence-corrected chi connectivity index (χ3v) is 4.34. The van der Waals surface area contributed by atoms with Crippen molar-refractivity contribution in [3.05, 3.63) is 29.8 Å². The van der Waals surface area contributed by atoms with E-state index in [9.17, 15) is 26.4 Å². The molecule has 1 aliphatic carbocycles. The van der Waals surface area contributed by atoms with Crippen LogP contribution in [-0.2, 0) is 14.9 Å². The van der Waals surface area contributed by atoms with Gasteiger partial charge in [0.05, 0.1) is 6.42 Å². The molecule has 1 fully saturated rings. The van der Waals surface area contributed by atoms with Gasteiger partial charge in [-0.05, 0) is 42.4 Å². The fourth-order valence-corrected chi connectivity index (χ4v) is 2.67. The van der Waals surface area contributed by atoms with E-state index in [0.717, 1.165) is 25.0 Å². The lowest BCUT2D eigenvalue weighted by atomic mass is 9.91. The maximum absolute atomic E-state index is 12.3. The molecule has 1 N–H and O–H groups in total. The van der Waals surface area contributed by atoms with Gasteiger partial charge in [-0.2, -0.15) is 21.6 Å². The van der Waals surface area contributed by atoms with E-state index < -0.39 is 27.3 Å². The minimum atomic E-state index is -5.74. The van der Waals surface area contributed by atoms with E-state index in [2.05, 4.69) is 4.18 Å². The quantitative estimate of drug-likeness (QED) is 0.637. The number of hydrogen-bond acceptors (Lipinski definition) is 4. The Kier molecular flexibility index (Phi) is 4.37. The normalized spacial score (nSPS) is 17.0. The third kappa shape index (κ3) is 3.90. The number of carboxylic acid groups (broad SMARTS) is 1. The van der Waals surface area contributed by atoms with Crippen LogP contribution >= 0.6 is 0 Å². The molecular formula is C13H13F3O5S. The minimum Gasteiger partial charge on any atom is -0.481 e. The number of hydrogen-bond donors (Lipinski definition) is 1. The van der Waals surface area contributed by atoms with Crippen molar-refractivity contribution >= 4 is 16.1 Å². The summed E-state index contributed by atoms with van der Waals surface area (Å²) in [6.07, 6.45) is 1.51. The zero-order chi connectivity index (χ0) is 16.5. The Hall–Kier alpha value is -1.77. The molecule has 2 rings (SSSR count). The Morgan fingerprint density at radius 1 is 1.36 bits per heavy atom. The van der Waals surface area contributed by atoms with Gasteiger partial charge in [0.25, 0.3) is 0 Å². The Balaban J connectivity index is 2.24. The van der Waals surface area contributed by atoms with Crippen LogP contribution in [0.3, 0.4) is 0 Å². The van der Waals surface area contributed by atoms with Gasteiger partial charge in [-0.3, -0.25) is 4.79 Å². The van der Waals surface area contributed by atoms with E-state index in [1.54, 1.807) is 6.07 Å². The van der Waals surface area contributed by atoms with Crippen molar-refractivity contribution in [1.29, 1.82) is 0 Å². The van der Waals surface area contributed by atoms with Gasteiger partial charge in [0.15, 0.2) is 0 Å². The highest BCUT2D eigenvalue weighted by Gasteiger charge is 2.48. The second-order valence-electron chi connectivity index (χ2n) is 5.10. The average Bonchev–Trinajstić information content (AvgIpc) is 3.18. The third-order valence-electron chi connectivity index (χ3n) is 3.36. The molecule has 0 amide bonds. The first kappa shape index (κ1) is 16.6. The van der Waals surface area contributed by atoms with Crippen LogP contribution in [0.15, 0.2) is 24.3 Å². The number of aliphatic carboxylic acids is 1. The maximum atomic E-state index is 12.3. The van der Waals surface area contributed by atoms with Crippen molar-refractivity contribution in [2.24, 2.45) is 5.92 Å². The molecule has 22 heavy (non-hydrogen) atoms. The fraction of sp³-hybridized carbons (Fsp3) is 0.462. The van der Waals surface area contributed by atoms with Crippen molar-refractivity contribution in [1.82, 2.24) is 0 Å². The summed E-state index contributed by atoms with van der Waals surface area (Å²) in [5, 5.41) is 8.91. The summed E-state index contributed by atoms with van der Waals surface area (Å²) in [6, 6.07) is 5.12. The largest absolute Gasteiger partial charge is 0.534 e. The number of halogens is 3. The van der Waals surface area contributed by atoms with E-state index in [4.69, 9.17) is 5.11 Å². The molecule has 1 aromatic rings. The lowest BCUT2D eigenvalue weighted by Crippen LogP contribution is -2.28. The zero-order valence-corrected chi connectivity index (χ0v) is 12.0. The van der Waals surface area contributed by atoms with E-state index in [0.29, 0.717) is 5.56 Å². The van der Waals surface area contributed by atoms with E-state index in [1.807, 2.05) is 0 Å². The van der Waals surface area contributed by atoms with E-state index in [1.165, 1.54) is 6.07 Å². The summed E-state index contributed by atoms with van der Waals surface area (Å²) in [6.45, 7) is 0. The topological polar surface area (TPSA) is 80.7 Å². The lowest BCUT2D eigenvalue weighted by Gasteiger charge is -2.16. The summed E-state index contributed by atoms with van der Waals surface area (Å²) >= 11 is 0. The Bertz CT molecular complexity index is 664. The maximum Gasteiger partial charge on any atom is 0.534 e. The molecule has 1 saturated carbocycles. The van der Waals surface area contributed by atoms with Gasteiger partial charge in [0, 0.05) is 0 Å². The number of rotatable bonds is 6. The van der Waals surface area contributed by atoms with Gasteiger partial charge in [-0.15, -0.1) is 0 Å². The molecular weight excluding hydrogens is 325 g/mol. The molecule has 122 valence electrons. The molecule has 0 heterocycles. The molecule has 0 aromatic heterocycles. The van der Waals surface area contributed by atoms with Crippen LogP contribution in [0, 0.1) is 5.92 Å². The summed E-state index contributed by atoms with van der Waals surface area (Å²) in [7, 11) is -5.74. The van der Waals surface area contributed by atoms with E-state index >= 15 is 0 Å². The van der Waals surface area contributed by atoms with Crippen LogP contribution in [0.4, 0.5) is 13.2 Å². The van der Waals surface area contributed by atoms with Crippen LogP contribution in [0.5, 0.6) is 5.75 Å².